The van der Waals surface area contributed by atoms with E-state index in [9.17, 15) is 9.59 Å². The van der Waals surface area contributed by atoms with E-state index in [1.807, 2.05) is 0 Å². The Kier molecular flexibility index (Phi) is 5.86. The van der Waals surface area contributed by atoms with Gasteiger partial charge in [-0.3, -0.25) is 4.79 Å². The molecular weight excluding hydrogens is 380 g/mol. The molecule has 28 heavy (non-hydrogen) atoms. The number of amides is 1. The van der Waals surface area contributed by atoms with Crippen molar-refractivity contribution in [1.82, 2.24) is 9.97 Å². The van der Waals surface area contributed by atoms with Gasteiger partial charge in [-0.05, 0) is 43.3 Å². The number of rotatable bonds is 5. The Balaban J connectivity index is 1.78. The lowest BCUT2D eigenvalue weighted by Gasteiger charge is -2.10. The van der Waals surface area contributed by atoms with Crippen LogP contribution in [0.4, 0.5) is 17.2 Å². The van der Waals surface area contributed by atoms with Crippen molar-refractivity contribution in [1.29, 1.82) is 0 Å². The molecule has 7 nitrogen and oxygen atoms in total. The summed E-state index contributed by atoms with van der Waals surface area (Å²) in [6.45, 7) is 1.69. The fraction of sp³-hybridized carbons (Fsp3) is 0.100. The number of esters is 1. The first-order valence-electron chi connectivity index (χ1n) is 8.33. The molecule has 0 aliphatic heterocycles. The standard InChI is InChI=1S/C20H17ClN4O3/c1-12-22-17(19(26)25-16-6-4-3-5-15(16)21)11-18(23-12)24-14-9-7-13(8-10-14)20(27)28-2/h3-11H,1-2H3,(H,25,26)(H,22,23,24). The molecule has 3 rings (SSSR count). The van der Waals surface area contributed by atoms with Gasteiger partial charge in [0.1, 0.15) is 17.3 Å². The maximum Gasteiger partial charge on any atom is 0.337 e. The van der Waals surface area contributed by atoms with Crippen LogP contribution in [0, 0.1) is 6.92 Å². The molecule has 0 unspecified atom stereocenters. The van der Waals surface area contributed by atoms with Gasteiger partial charge in [-0.1, -0.05) is 23.7 Å². The van der Waals surface area contributed by atoms with Gasteiger partial charge in [0, 0.05) is 11.8 Å². The molecule has 1 aromatic heterocycles. The van der Waals surface area contributed by atoms with Gasteiger partial charge >= 0.3 is 5.97 Å². The summed E-state index contributed by atoms with van der Waals surface area (Å²) in [5.74, 6) is 0.0637. The van der Waals surface area contributed by atoms with E-state index in [0.717, 1.165) is 0 Å². The second-order valence-corrected chi connectivity index (χ2v) is 6.22. The van der Waals surface area contributed by atoms with Gasteiger partial charge in [0.05, 0.1) is 23.4 Å². The lowest BCUT2D eigenvalue weighted by atomic mass is 10.2. The number of halogens is 1. The summed E-state index contributed by atoms with van der Waals surface area (Å²) in [4.78, 5) is 32.5. The first-order chi connectivity index (χ1) is 13.5. The number of hydrogen-bond donors (Lipinski definition) is 2. The molecule has 2 aromatic carbocycles. The average Bonchev–Trinajstić information content (AvgIpc) is 2.69. The molecule has 1 heterocycles. The lowest BCUT2D eigenvalue weighted by Crippen LogP contribution is -2.15. The third-order valence-corrected chi connectivity index (χ3v) is 4.10. The van der Waals surface area contributed by atoms with Crippen molar-refractivity contribution in [3.8, 4) is 0 Å². The fourth-order valence-electron chi connectivity index (χ4n) is 2.45. The van der Waals surface area contributed by atoms with E-state index in [1.165, 1.54) is 13.2 Å². The maximum atomic E-state index is 12.5. The minimum atomic E-state index is -0.414. The Hall–Kier alpha value is -3.45. The lowest BCUT2D eigenvalue weighted by molar-refractivity contribution is 0.0600. The smallest absolute Gasteiger partial charge is 0.337 e. The molecule has 0 spiro atoms. The molecule has 0 aliphatic rings. The number of nitrogens with one attached hydrogen (secondary N) is 2. The molecule has 8 heteroatoms. The normalized spacial score (nSPS) is 10.2. The molecule has 0 fully saturated rings. The van der Waals surface area contributed by atoms with Crippen LogP contribution in [0.3, 0.4) is 0 Å². The zero-order chi connectivity index (χ0) is 20.1. The summed E-state index contributed by atoms with van der Waals surface area (Å²) >= 11 is 6.08. The first-order valence-corrected chi connectivity index (χ1v) is 8.71. The third-order valence-electron chi connectivity index (χ3n) is 3.77. The van der Waals surface area contributed by atoms with Gasteiger partial charge in [0.2, 0.25) is 0 Å². The average molecular weight is 397 g/mol. The molecule has 0 bridgehead atoms. The number of carbonyl (C=O) groups excluding carboxylic acids is 2. The number of aryl methyl sites for hydroxylation is 1. The highest BCUT2D eigenvalue weighted by atomic mass is 35.5. The van der Waals surface area contributed by atoms with Crippen LogP contribution in [-0.2, 0) is 4.74 Å². The number of benzene rings is 2. The predicted molar refractivity (Wildman–Crippen MR) is 107 cm³/mol. The molecular formula is C20H17ClN4O3. The van der Waals surface area contributed by atoms with Crippen molar-refractivity contribution >= 4 is 40.7 Å². The molecule has 142 valence electrons. The predicted octanol–water partition coefficient (Wildman–Crippen LogP) is 4.22. The fourth-order valence-corrected chi connectivity index (χ4v) is 2.64. The summed E-state index contributed by atoms with van der Waals surface area (Å²) < 4.78 is 4.68. The zero-order valence-corrected chi connectivity index (χ0v) is 15.9. The second-order valence-electron chi connectivity index (χ2n) is 5.81. The van der Waals surface area contributed by atoms with Crippen molar-refractivity contribution in [2.75, 3.05) is 17.7 Å². The summed E-state index contributed by atoms with van der Waals surface area (Å²) in [7, 11) is 1.33. The molecule has 0 aliphatic carbocycles. The third kappa shape index (κ3) is 4.63. The summed E-state index contributed by atoms with van der Waals surface area (Å²) in [6.07, 6.45) is 0. The minimum absolute atomic E-state index is 0.195. The van der Waals surface area contributed by atoms with Gasteiger partial charge in [-0.15, -0.1) is 0 Å². The van der Waals surface area contributed by atoms with Gasteiger partial charge in [0.15, 0.2) is 0 Å². The van der Waals surface area contributed by atoms with Crippen molar-refractivity contribution < 1.29 is 14.3 Å². The van der Waals surface area contributed by atoms with Crippen LogP contribution in [0.5, 0.6) is 0 Å². The van der Waals surface area contributed by atoms with Crippen molar-refractivity contribution in [3.63, 3.8) is 0 Å². The SMILES string of the molecule is COC(=O)c1ccc(Nc2cc(C(=O)Nc3ccccc3Cl)nc(C)n2)cc1. The largest absolute Gasteiger partial charge is 0.465 e. The summed E-state index contributed by atoms with van der Waals surface area (Å²) in [6, 6.07) is 15.2. The quantitative estimate of drug-likeness (QED) is 0.627. The van der Waals surface area contributed by atoms with E-state index < -0.39 is 11.9 Å². The van der Waals surface area contributed by atoms with E-state index in [1.54, 1.807) is 55.5 Å². The number of aromatic nitrogens is 2. The van der Waals surface area contributed by atoms with E-state index in [-0.39, 0.29) is 5.69 Å². The monoisotopic (exact) mass is 396 g/mol. The van der Waals surface area contributed by atoms with E-state index >= 15 is 0 Å². The summed E-state index contributed by atoms with van der Waals surface area (Å²) in [5, 5.41) is 6.26. The van der Waals surface area contributed by atoms with Gasteiger partial charge in [-0.25, -0.2) is 14.8 Å². The Morgan fingerprint density at radius 2 is 1.75 bits per heavy atom. The number of para-hydroxylation sites is 1. The van der Waals surface area contributed by atoms with Crippen LogP contribution in [0.2, 0.25) is 5.02 Å². The number of anilines is 3. The maximum absolute atomic E-state index is 12.5. The number of carbonyl (C=O) groups is 2. The Labute approximate surface area is 166 Å². The van der Waals surface area contributed by atoms with Gasteiger partial charge in [-0.2, -0.15) is 0 Å². The van der Waals surface area contributed by atoms with Crippen molar-refractivity contribution in [2.24, 2.45) is 0 Å². The molecule has 1 amide bonds. The first kappa shape index (κ1) is 19.3. The summed E-state index contributed by atoms with van der Waals surface area (Å²) in [5.41, 5.74) is 1.83. The van der Waals surface area contributed by atoms with E-state index in [0.29, 0.717) is 33.6 Å². The van der Waals surface area contributed by atoms with Crippen LogP contribution in [-0.4, -0.2) is 29.0 Å². The van der Waals surface area contributed by atoms with Crippen LogP contribution in [0.15, 0.2) is 54.6 Å². The molecule has 0 atom stereocenters. The Bertz CT molecular complexity index is 1020. The van der Waals surface area contributed by atoms with E-state index in [4.69, 9.17) is 11.6 Å². The topological polar surface area (TPSA) is 93.2 Å². The molecule has 3 aromatic rings. The highest BCUT2D eigenvalue weighted by Crippen LogP contribution is 2.22. The minimum Gasteiger partial charge on any atom is -0.465 e. The second kappa shape index (κ2) is 8.49. The van der Waals surface area contributed by atoms with E-state index in [2.05, 4.69) is 25.3 Å². The Morgan fingerprint density at radius 3 is 2.43 bits per heavy atom. The number of methoxy groups -OCH3 is 1. The molecule has 0 saturated heterocycles. The number of hydrogen-bond acceptors (Lipinski definition) is 6. The van der Waals surface area contributed by atoms with Crippen LogP contribution in [0.1, 0.15) is 26.7 Å². The molecule has 0 saturated carbocycles. The van der Waals surface area contributed by atoms with Crippen molar-refractivity contribution in [3.05, 3.63) is 76.7 Å². The number of ether oxygens (including phenoxy) is 1. The van der Waals surface area contributed by atoms with Crippen LogP contribution < -0.4 is 10.6 Å². The van der Waals surface area contributed by atoms with Crippen LogP contribution in [0.25, 0.3) is 0 Å². The van der Waals surface area contributed by atoms with Crippen LogP contribution >= 0.6 is 11.6 Å². The number of nitrogens with zero attached hydrogens (tertiary/aromatic N) is 2. The Morgan fingerprint density at radius 1 is 1.04 bits per heavy atom. The van der Waals surface area contributed by atoms with Gasteiger partial charge < -0.3 is 15.4 Å². The highest BCUT2D eigenvalue weighted by Gasteiger charge is 2.13. The molecule has 2 N–H and O–H groups in total. The highest BCUT2D eigenvalue weighted by molar-refractivity contribution is 6.33. The van der Waals surface area contributed by atoms with Crippen molar-refractivity contribution in [2.45, 2.75) is 6.92 Å². The zero-order valence-electron chi connectivity index (χ0n) is 15.2. The molecule has 0 radical (unpaired) electrons. The van der Waals surface area contributed by atoms with Gasteiger partial charge in [0.25, 0.3) is 5.91 Å².